The van der Waals surface area contributed by atoms with E-state index in [1.165, 1.54) is 48.7 Å². The van der Waals surface area contributed by atoms with Crippen LogP contribution in [0, 0.1) is 0 Å². The summed E-state index contributed by atoms with van der Waals surface area (Å²) in [7, 11) is 0. The Hall–Kier alpha value is 0.880. The van der Waals surface area contributed by atoms with Crippen LogP contribution in [0.25, 0.3) is 0 Å². The minimum absolute atomic E-state index is 0.902. The van der Waals surface area contributed by atoms with Gasteiger partial charge in [0.05, 0.1) is 0 Å². The molecule has 0 spiro atoms. The zero-order chi connectivity index (χ0) is 13.1. The third-order valence-corrected chi connectivity index (χ3v) is 7.73. The Morgan fingerprint density at radius 1 is 0.889 bits per heavy atom. The zero-order valence-electron chi connectivity index (χ0n) is 11.0. The van der Waals surface area contributed by atoms with Crippen LogP contribution in [0.3, 0.4) is 0 Å². The summed E-state index contributed by atoms with van der Waals surface area (Å²) in [5.74, 6) is 5.21. The lowest BCUT2D eigenvalue weighted by Crippen LogP contribution is -2.21. The Labute approximate surface area is 130 Å². The molecule has 1 saturated heterocycles. The Kier molecular flexibility index (Phi) is 11.0. The maximum absolute atomic E-state index is 3.74. The second-order valence-corrected chi connectivity index (χ2v) is 9.09. The van der Waals surface area contributed by atoms with Gasteiger partial charge in [0.25, 0.3) is 0 Å². The van der Waals surface area contributed by atoms with E-state index in [2.05, 4.69) is 36.7 Å². The lowest BCUT2D eigenvalue weighted by Gasteiger charge is -2.27. The predicted octanol–water partition coefficient (Wildman–Crippen LogP) is 5.52. The van der Waals surface area contributed by atoms with Gasteiger partial charge < -0.3 is 0 Å². The van der Waals surface area contributed by atoms with Crippen molar-refractivity contribution in [2.45, 2.75) is 36.2 Å². The minimum Gasteiger partial charge on any atom is -0.157 e. The van der Waals surface area contributed by atoms with Crippen molar-refractivity contribution in [1.29, 1.82) is 0 Å². The summed E-state index contributed by atoms with van der Waals surface area (Å²) in [6.07, 6.45) is 5.46. The van der Waals surface area contributed by atoms with Crippen LogP contribution in [0.1, 0.15) is 25.7 Å². The summed E-state index contributed by atoms with van der Waals surface area (Å²) < 4.78 is 0. The highest BCUT2D eigenvalue weighted by atomic mass is 32.2. The van der Waals surface area contributed by atoms with Crippen LogP contribution >= 0.6 is 47.0 Å². The second kappa shape index (κ2) is 11.7. The molecule has 0 aromatic carbocycles. The fourth-order valence-electron chi connectivity index (χ4n) is 1.87. The maximum Gasteiger partial charge on any atom is 0.0138 e. The molecule has 0 N–H and O–H groups in total. The van der Waals surface area contributed by atoms with Gasteiger partial charge in [-0.05, 0) is 48.0 Å². The van der Waals surface area contributed by atoms with Gasteiger partial charge >= 0.3 is 0 Å². The highest BCUT2D eigenvalue weighted by Gasteiger charge is 2.21. The minimum atomic E-state index is 0.902. The smallest absolute Gasteiger partial charge is 0.0138 e. The van der Waals surface area contributed by atoms with Gasteiger partial charge in [0.1, 0.15) is 0 Å². The number of hydrogen-bond acceptors (Lipinski definition) is 4. The molecule has 4 heteroatoms. The Morgan fingerprint density at radius 3 is 1.67 bits per heavy atom. The first-order chi connectivity index (χ1) is 8.86. The molecule has 0 amide bonds. The molecule has 2 unspecified atom stereocenters. The standard InChI is InChI=1S/C14H24S4/c1-3-15-9-5-7-13-11-18-14(12-17-13)8-6-10-16-4-2/h3-4,13-14H,1-2,5-12H2. The molecule has 0 radical (unpaired) electrons. The Morgan fingerprint density at radius 2 is 1.33 bits per heavy atom. The largest absolute Gasteiger partial charge is 0.157 e. The van der Waals surface area contributed by atoms with E-state index in [1.807, 2.05) is 34.3 Å². The molecule has 0 aromatic heterocycles. The molecule has 0 saturated carbocycles. The van der Waals surface area contributed by atoms with E-state index >= 15 is 0 Å². The first kappa shape index (κ1) is 16.9. The van der Waals surface area contributed by atoms with Gasteiger partial charge in [0, 0.05) is 22.0 Å². The van der Waals surface area contributed by atoms with E-state index in [-0.39, 0.29) is 0 Å². The summed E-state index contributed by atoms with van der Waals surface area (Å²) in [6, 6.07) is 0. The first-order valence-electron chi connectivity index (χ1n) is 6.55. The van der Waals surface area contributed by atoms with Crippen molar-refractivity contribution in [2.24, 2.45) is 0 Å². The monoisotopic (exact) mass is 320 g/mol. The highest BCUT2D eigenvalue weighted by Crippen LogP contribution is 2.34. The molecule has 18 heavy (non-hydrogen) atoms. The van der Waals surface area contributed by atoms with Crippen molar-refractivity contribution in [3.63, 3.8) is 0 Å². The van der Waals surface area contributed by atoms with Crippen LogP contribution in [-0.2, 0) is 0 Å². The van der Waals surface area contributed by atoms with E-state index < -0.39 is 0 Å². The fraction of sp³-hybridized carbons (Fsp3) is 0.714. The average Bonchev–Trinajstić information content (AvgIpc) is 2.41. The van der Waals surface area contributed by atoms with E-state index in [9.17, 15) is 0 Å². The van der Waals surface area contributed by atoms with Crippen LogP contribution in [0.5, 0.6) is 0 Å². The third-order valence-electron chi connectivity index (χ3n) is 2.85. The van der Waals surface area contributed by atoms with Crippen LogP contribution < -0.4 is 0 Å². The van der Waals surface area contributed by atoms with Crippen molar-refractivity contribution < 1.29 is 0 Å². The van der Waals surface area contributed by atoms with Crippen molar-refractivity contribution in [2.75, 3.05) is 23.0 Å². The van der Waals surface area contributed by atoms with Crippen LogP contribution in [0.2, 0.25) is 0 Å². The van der Waals surface area contributed by atoms with Gasteiger partial charge in [-0.25, -0.2) is 0 Å². The van der Waals surface area contributed by atoms with Crippen LogP contribution in [0.15, 0.2) is 24.0 Å². The highest BCUT2D eigenvalue weighted by molar-refractivity contribution is 8.07. The summed E-state index contributed by atoms with van der Waals surface area (Å²) >= 11 is 8.12. The van der Waals surface area contributed by atoms with Gasteiger partial charge in [-0.3, -0.25) is 0 Å². The zero-order valence-corrected chi connectivity index (χ0v) is 14.3. The molecule has 1 fully saturated rings. The Bertz CT molecular complexity index is 198. The van der Waals surface area contributed by atoms with E-state index in [4.69, 9.17) is 0 Å². The molecule has 0 aromatic rings. The van der Waals surface area contributed by atoms with Crippen molar-refractivity contribution in [3.05, 3.63) is 24.0 Å². The summed E-state index contributed by atoms with van der Waals surface area (Å²) in [6.45, 7) is 7.48. The number of hydrogen-bond donors (Lipinski definition) is 0. The van der Waals surface area contributed by atoms with E-state index in [0.717, 1.165) is 10.5 Å². The summed E-state index contributed by atoms with van der Waals surface area (Å²) in [5, 5.41) is 5.72. The number of rotatable bonds is 10. The van der Waals surface area contributed by atoms with Gasteiger partial charge in [-0.1, -0.05) is 13.2 Å². The molecular formula is C14H24S4. The SMILES string of the molecule is C=CSCCCC1CSC(CCCSC=C)CS1. The normalized spacial score (nSPS) is 23.8. The van der Waals surface area contributed by atoms with E-state index in [0.29, 0.717) is 0 Å². The molecule has 1 rings (SSSR count). The molecule has 1 aliphatic heterocycles. The molecular weight excluding hydrogens is 296 g/mol. The lowest BCUT2D eigenvalue weighted by atomic mass is 10.2. The third kappa shape index (κ3) is 8.13. The van der Waals surface area contributed by atoms with Gasteiger partial charge in [-0.15, -0.1) is 23.5 Å². The molecule has 0 nitrogen and oxygen atoms in total. The molecule has 2 atom stereocenters. The molecule has 0 aliphatic carbocycles. The van der Waals surface area contributed by atoms with E-state index in [1.54, 1.807) is 0 Å². The van der Waals surface area contributed by atoms with Crippen LogP contribution in [-0.4, -0.2) is 33.5 Å². The first-order valence-corrected chi connectivity index (χ1v) is 10.7. The van der Waals surface area contributed by atoms with Crippen LogP contribution in [0.4, 0.5) is 0 Å². The molecule has 104 valence electrons. The average molecular weight is 321 g/mol. The maximum atomic E-state index is 3.74. The summed E-state index contributed by atoms with van der Waals surface area (Å²) in [4.78, 5) is 0. The number of thioether (sulfide) groups is 4. The second-order valence-electron chi connectivity index (χ2n) is 4.27. The molecule has 0 bridgehead atoms. The topological polar surface area (TPSA) is 0 Å². The molecule has 1 aliphatic rings. The predicted molar refractivity (Wildman–Crippen MR) is 96.3 cm³/mol. The fourth-order valence-corrected chi connectivity index (χ4v) is 6.09. The van der Waals surface area contributed by atoms with Crippen molar-refractivity contribution >= 4 is 47.0 Å². The van der Waals surface area contributed by atoms with Gasteiger partial charge in [0.2, 0.25) is 0 Å². The van der Waals surface area contributed by atoms with Crippen molar-refractivity contribution in [3.8, 4) is 0 Å². The molecule has 1 heterocycles. The van der Waals surface area contributed by atoms with Gasteiger partial charge in [-0.2, -0.15) is 23.5 Å². The van der Waals surface area contributed by atoms with Crippen molar-refractivity contribution in [1.82, 2.24) is 0 Å². The summed E-state index contributed by atoms with van der Waals surface area (Å²) in [5.41, 5.74) is 0. The Balaban J connectivity index is 1.98. The quantitative estimate of drug-likeness (QED) is 0.486. The lowest BCUT2D eigenvalue weighted by molar-refractivity contribution is 0.764. The van der Waals surface area contributed by atoms with Gasteiger partial charge in [0.15, 0.2) is 0 Å².